The molecule has 4 atom stereocenters. The van der Waals surface area contributed by atoms with Crippen molar-refractivity contribution in [3.63, 3.8) is 0 Å². The maximum Gasteiger partial charge on any atom is 0.0334 e. The number of hydrogen-bond acceptors (Lipinski definition) is 1. The molecule has 2 aliphatic carbocycles. The van der Waals surface area contributed by atoms with E-state index in [2.05, 4.69) is 63.2 Å². The Kier molecular flexibility index (Phi) is 5.12. The summed E-state index contributed by atoms with van der Waals surface area (Å²) in [7, 11) is 0. The van der Waals surface area contributed by atoms with Crippen LogP contribution in [0.4, 0.5) is 0 Å². The Morgan fingerprint density at radius 2 is 2.00 bits per heavy atom. The number of rotatable bonds is 5. The van der Waals surface area contributed by atoms with Crippen LogP contribution in [0.3, 0.4) is 0 Å². The third-order valence-corrected chi connectivity index (χ3v) is 7.07. The largest absolute Gasteiger partial charge is 0.310 e. The van der Waals surface area contributed by atoms with Gasteiger partial charge >= 0.3 is 0 Å². The molecule has 0 amide bonds. The first kappa shape index (κ1) is 16.0. The summed E-state index contributed by atoms with van der Waals surface area (Å²) in [4.78, 5) is 0. The molecule has 1 nitrogen and oxygen atoms in total. The van der Waals surface area contributed by atoms with Crippen LogP contribution < -0.4 is 5.32 Å². The zero-order valence-electron chi connectivity index (χ0n) is 13.0. The van der Waals surface area contributed by atoms with Gasteiger partial charge in [-0.3, -0.25) is 0 Å². The molecule has 0 aromatic heterocycles. The third kappa shape index (κ3) is 3.40. The summed E-state index contributed by atoms with van der Waals surface area (Å²) < 4.78 is 2.47. The number of benzene rings is 1. The Morgan fingerprint density at radius 1 is 1.19 bits per heavy atom. The van der Waals surface area contributed by atoms with E-state index in [9.17, 15) is 0 Å². The van der Waals surface area contributed by atoms with Gasteiger partial charge < -0.3 is 5.32 Å². The predicted octanol–water partition coefficient (Wildman–Crippen LogP) is 6.00. The molecule has 3 heteroatoms. The lowest BCUT2D eigenvalue weighted by Gasteiger charge is -2.28. The lowest BCUT2D eigenvalue weighted by atomic mass is 9.82. The van der Waals surface area contributed by atoms with E-state index in [1.807, 2.05) is 0 Å². The fraction of sp³-hybridized carbons (Fsp3) is 0.667. The van der Waals surface area contributed by atoms with E-state index in [0.29, 0.717) is 6.04 Å². The minimum Gasteiger partial charge on any atom is -0.310 e. The average Bonchev–Trinajstić information content (AvgIpc) is 3.05. The Hall–Kier alpha value is 0.140. The second kappa shape index (κ2) is 6.72. The second-order valence-electron chi connectivity index (χ2n) is 6.90. The molecule has 2 saturated carbocycles. The maximum atomic E-state index is 3.78. The maximum absolute atomic E-state index is 3.78. The first-order valence-corrected chi connectivity index (χ1v) is 9.86. The molecule has 0 spiro atoms. The number of halogens is 2. The van der Waals surface area contributed by atoms with Crippen LogP contribution >= 0.6 is 31.9 Å². The minimum atomic E-state index is 0.477. The normalized spacial score (nSPS) is 29.0. The molecule has 0 heterocycles. The molecule has 4 unspecified atom stereocenters. The summed E-state index contributed by atoms with van der Waals surface area (Å²) in [5.41, 5.74) is 2.71. The highest BCUT2D eigenvalue weighted by molar-refractivity contribution is 9.11. The van der Waals surface area contributed by atoms with Gasteiger partial charge in [0.15, 0.2) is 0 Å². The topological polar surface area (TPSA) is 12.0 Å². The van der Waals surface area contributed by atoms with Crippen molar-refractivity contribution in [3.05, 3.63) is 32.2 Å². The zero-order valence-corrected chi connectivity index (χ0v) is 16.1. The van der Waals surface area contributed by atoms with Crippen LogP contribution in [-0.4, -0.2) is 6.54 Å². The molecule has 21 heavy (non-hydrogen) atoms. The highest BCUT2D eigenvalue weighted by Crippen LogP contribution is 2.51. The molecular weight excluding hydrogens is 390 g/mol. The van der Waals surface area contributed by atoms with Crippen molar-refractivity contribution in [2.24, 2.45) is 17.8 Å². The van der Waals surface area contributed by atoms with E-state index >= 15 is 0 Å². The van der Waals surface area contributed by atoms with Gasteiger partial charge in [-0.25, -0.2) is 0 Å². The van der Waals surface area contributed by atoms with Crippen molar-refractivity contribution in [1.82, 2.24) is 5.32 Å². The van der Waals surface area contributed by atoms with Crippen LogP contribution in [0.15, 0.2) is 21.1 Å². The van der Waals surface area contributed by atoms with E-state index < -0.39 is 0 Å². The molecule has 3 rings (SSSR count). The van der Waals surface area contributed by atoms with Crippen LogP contribution in [0.5, 0.6) is 0 Å². The van der Waals surface area contributed by atoms with Gasteiger partial charge in [-0.2, -0.15) is 0 Å². The highest BCUT2D eigenvalue weighted by atomic mass is 79.9. The molecule has 1 N–H and O–H groups in total. The molecule has 0 radical (unpaired) electrons. The summed E-state index contributed by atoms with van der Waals surface area (Å²) in [5.74, 6) is 2.97. The fourth-order valence-electron chi connectivity index (χ4n) is 4.46. The standard InChI is InChI=1S/C18H25Br2N/c1-3-21-18(9-14-8-12-4-5-13(14)7-12)15-10-16(19)11(2)6-17(15)20/h6,10,12-14,18,21H,3-5,7-9H2,1-2H3. The minimum absolute atomic E-state index is 0.477. The molecule has 2 fully saturated rings. The summed E-state index contributed by atoms with van der Waals surface area (Å²) in [6.07, 6.45) is 7.24. The van der Waals surface area contributed by atoms with Gasteiger partial charge in [0.05, 0.1) is 0 Å². The SMILES string of the molecule is CCNC(CC1CC2CCC1C2)c1cc(Br)c(C)cc1Br. The van der Waals surface area contributed by atoms with Gasteiger partial charge in [0.25, 0.3) is 0 Å². The van der Waals surface area contributed by atoms with Crippen LogP contribution in [0.25, 0.3) is 0 Å². The lowest BCUT2D eigenvalue weighted by molar-refractivity contribution is 0.280. The molecule has 0 saturated heterocycles. The number of nitrogens with one attached hydrogen (secondary N) is 1. The summed E-state index contributed by atoms with van der Waals surface area (Å²) in [6.45, 7) is 5.39. The van der Waals surface area contributed by atoms with Gasteiger partial charge in [-0.15, -0.1) is 0 Å². The van der Waals surface area contributed by atoms with Gasteiger partial charge in [-0.1, -0.05) is 45.2 Å². The number of hydrogen-bond donors (Lipinski definition) is 1. The quantitative estimate of drug-likeness (QED) is 0.623. The van der Waals surface area contributed by atoms with Crippen molar-refractivity contribution < 1.29 is 0 Å². The van der Waals surface area contributed by atoms with Crippen molar-refractivity contribution >= 4 is 31.9 Å². The monoisotopic (exact) mass is 413 g/mol. The van der Waals surface area contributed by atoms with E-state index in [1.165, 1.54) is 52.2 Å². The molecule has 2 bridgehead atoms. The first-order valence-electron chi connectivity index (χ1n) is 8.27. The predicted molar refractivity (Wildman–Crippen MR) is 96.6 cm³/mol. The smallest absolute Gasteiger partial charge is 0.0334 e. The van der Waals surface area contributed by atoms with Gasteiger partial charge in [0, 0.05) is 15.0 Å². The van der Waals surface area contributed by atoms with Crippen LogP contribution in [0.2, 0.25) is 0 Å². The van der Waals surface area contributed by atoms with Gasteiger partial charge in [-0.05, 0) is 80.2 Å². The first-order chi connectivity index (χ1) is 10.1. The van der Waals surface area contributed by atoms with Gasteiger partial charge in [0.2, 0.25) is 0 Å². The van der Waals surface area contributed by atoms with Crippen LogP contribution in [-0.2, 0) is 0 Å². The molecule has 1 aromatic rings. The third-order valence-electron chi connectivity index (χ3n) is 5.53. The molecule has 2 aliphatic rings. The van der Waals surface area contributed by atoms with Crippen molar-refractivity contribution in [2.75, 3.05) is 6.54 Å². The van der Waals surface area contributed by atoms with Gasteiger partial charge in [0.1, 0.15) is 0 Å². The van der Waals surface area contributed by atoms with E-state index in [0.717, 1.165) is 24.3 Å². The Balaban J connectivity index is 1.79. The van der Waals surface area contributed by atoms with Crippen molar-refractivity contribution in [3.8, 4) is 0 Å². The Morgan fingerprint density at radius 3 is 2.62 bits per heavy atom. The van der Waals surface area contributed by atoms with E-state index in [1.54, 1.807) is 0 Å². The summed E-state index contributed by atoms with van der Waals surface area (Å²) in [5, 5.41) is 3.72. The summed E-state index contributed by atoms with van der Waals surface area (Å²) in [6, 6.07) is 5.02. The van der Waals surface area contributed by atoms with Crippen molar-refractivity contribution in [1.29, 1.82) is 0 Å². The molecule has 116 valence electrons. The Labute approximate surface area is 145 Å². The molecular formula is C18H25Br2N. The lowest BCUT2D eigenvalue weighted by Crippen LogP contribution is -2.25. The van der Waals surface area contributed by atoms with Crippen LogP contribution in [0, 0.1) is 24.7 Å². The fourth-order valence-corrected chi connectivity index (χ4v) is 5.56. The Bertz CT molecular complexity index is 514. The average molecular weight is 415 g/mol. The van der Waals surface area contributed by atoms with Crippen molar-refractivity contribution in [2.45, 2.75) is 52.0 Å². The van der Waals surface area contributed by atoms with E-state index in [-0.39, 0.29) is 0 Å². The zero-order chi connectivity index (χ0) is 15.0. The molecule has 1 aromatic carbocycles. The highest BCUT2D eigenvalue weighted by Gasteiger charge is 2.40. The number of aryl methyl sites for hydroxylation is 1. The molecule has 0 aliphatic heterocycles. The second-order valence-corrected chi connectivity index (χ2v) is 8.61. The van der Waals surface area contributed by atoms with Crippen LogP contribution in [0.1, 0.15) is 56.2 Å². The number of fused-ring (bicyclic) bond motifs is 2. The van der Waals surface area contributed by atoms with E-state index in [4.69, 9.17) is 0 Å². The summed E-state index contributed by atoms with van der Waals surface area (Å²) >= 11 is 7.48.